The summed E-state index contributed by atoms with van der Waals surface area (Å²) in [6.45, 7) is 0.372. The van der Waals surface area contributed by atoms with Gasteiger partial charge in [-0.2, -0.15) is 4.98 Å². The summed E-state index contributed by atoms with van der Waals surface area (Å²) in [5, 5.41) is 15.6. The number of hydrogen-bond donors (Lipinski definition) is 2. The third-order valence-corrected chi connectivity index (χ3v) is 3.83. The molecule has 110 valence electrons. The lowest BCUT2D eigenvalue weighted by Gasteiger charge is -2.32. The van der Waals surface area contributed by atoms with Gasteiger partial charge in [-0.25, -0.2) is 0 Å². The molecule has 0 radical (unpaired) electrons. The highest BCUT2D eigenvalue weighted by atomic mass is 16.5. The van der Waals surface area contributed by atoms with Crippen molar-refractivity contribution in [3.63, 3.8) is 0 Å². The lowest BCUT2D eigenvalue weighted by Crippen LogP contribution is -2.39. The van der Waals surface area contributed by atoms with Crippen molar-refractivity contribution < 1.29 is 19.2 Å². The summed E-state index contributed by atoms with van der Waals surface area (Å²) in [5.74, 6) is -0.631. The summed E-state index contributed by atoms with van der Waals surface area (Å²) in [5.41, 5.74) is -0.882. The Morgan fingerprint density at radius 1 is 1.35 bits per heavy atom. The van der Waals surface area contributed by atoms with Crippen LogP contribution in [0.3, 0.4) is 0 Å². The van der Waals surface area contributed by atoms with Gasteiger partial charge in [-0.15, -0.1) is 0 Å². The molecule has 7 heteroatoms. The van der Waals surface area contributed by atoms with E-state index in [-0.39, 0.29) is 12.3 Å². The molecular formula is C13H19N3O4. The standard InChI is InChI=1S/C13H19N3O4/c17-10(14-7-4-11-15-9-16-20-11)8-13(12(18)19)5-2-1-3-6-13/h9H,1-8H2,(H,14,17)(H,18,19). The highest BCUT2D eigenvalue weighted by Gasteiger charge is 2.41. The second-order valence-electron chi connectivity index (χ2n) is 5.26. The highest BCUT2D eigenvalue weighted by molar-refractivity contribution is 5.85. The van der Waals surface area contributed by atoms with Crippen LogP contribution in [0, 0.1) is 5.41 Å². The second-order valence-corrected chi connectivity index (χ2v) is 5.26. The van der Waals surface area contributed by atoms with Crippen LogP contribution in [0.2, 0.25) is 0 Å². The van der Waals surface area contributed by atoms with Gasteiger partial charge >= 0.3 is 5.97 Å². The fourth-order valence-electron chi connectivity index (χ4n) is 2.68. The minimum Gasteiger partial charge on any atom is -0.481 e. The Kier molecular flexibility index (Phi) is 4.70. The zero-order valence-electron chi connectivity index (χ0n) is 11.3. The van der Waals surface area contributed by atoms with Gasteiger partial charge in [0, 0.05) is 19.4 Å². The monoisotopic (exact) mass is 281 g/mol. The van der Waals surface area contributed by atoms with Gasteiger partial charge in [-0.3, -0.25) is 9.59 Å². The maximum Gasteiger partial charge on any atom is 0.310 e. The summed E-state index contributed by atoms with van der Waals surface area (Å²) in [6.07, 6.45) is 5.77. The molecule has 0 atom stereocenters. The first-order valence-corrected chi connectivity index (χ1v) is 6.88. The first-order valence-electron chi connectivity index (χ1n) is 6.88. The minimum atomic E-state index is -0.882. The number of hydrogen-bond acceptors (Lipinski definition) is 5. The zero-order valence-corrected chi connectivity index (χ0v) is 11.3. The van der Waals surface area contributed by atoms with Crippen LogP contribution in [0.4, 0.5) is 0 Å². The van der Waals surface area contributed by atoms with Gasteiger partial charge in [0.2, 0.25) is 11.8 Å². The third-order valence-electron chi connectivity index (χ3n) is 3.83. The van der Waals surface area contributed by atoms with E-state index >= 15 is 0 Å². The molecule has 0 spiro atoms. The van der Waals surface area contributed by atoms with Crippen molar-refractivity contribution in [2.24, 2.45) is 5.41 Å². The topological polar surface area (TPSA) is 105 Å². The minimum absolute atomic E-state index is 0.0478. The second kappa shape index (κ2) is 6.49. The number of carbonyl (C=O) groups is 2. The van der Waals surface area contributed by atoms with Crippen LogP contribution in [0.15, 0.2) is 10.9 Å². The normalized spacial score (nSPS) is 17.6. The van der Waals surface area contributed by atoms with E-state index in [1.807, 2.05) is 0 Å². The van der Waals surface area contributed by atoms with Gasteiger partial charge in [0.15, 0.2) is 6.33 Å². The molecule has 0 saturated heterocycles. The molecule has 7 nitrogen and oxygen atoms in total. The molecule has 0 bridgehead atoms. The van der Waals surface area contributed by atoms with Crippen LogP contribution in [-0.4, -0.2) is 33.7 Å². The quantitative estimate of drug-likeness (QED) is 0.810. The Labute approximate surface area is 116 Å². The molecule has 1 saturated carbocycles. The Morgan fingerprint density at radius 2 is 2.10 bits per heavy atom. The van der Waals surface area contributed by atoms with Crippen molar-refractivity contribution >= 4 is 11.9 Å². The fourth-order valence-corrected chi connectivity index (χ4v) is 2.68. The van der Waals surface area contributed by atoms with E-state index in [0.717, 1.165) is 19.3 Å². The number of rotatable bonds is 6. The van der Waals surface area contributed by atoms with Crippen LogP contribution in [0.5, 0.6) is 0 Å². The number of nitrogens with one attached hydrogen (secondary N) is 1. The molecule has 2 rings (SSSR count). The van der Waals surface area contributed by atoms with Crippen LogP contribution < -0.4 is 5.32 Å². The smallest absolute Gasteiger partial charge is 0.310 e. The fraction of sp³-hybridized carbons (Fsp3) is 0.692. The van der Waals surface area contributed by atoms with E-state index in [0.29, 0.717) is 31.7 Å². The van der Waals surface area contributed by atoms with Crippen LogP contribution in [-0.2, 0) is 16.0 Å². The van der Waals surface area contributed by atoms with E-state index in [9.17, 15) is 14.7 Å². The summed E-state index contributed by atoms with van der Waals surface area (Å²) in [6, 6.07) is 0. The van der Waals surface area contributed by atoms with Crippen LogP contribution in [0.25, 0.3) is 0 Å². The number of nitrogens with zero attached hydrogens (tertiary/aromatic N) is 2. The molecule has 20 heavy (non-hydrogen) atoms. The molecule has 1 aromatic rings. The average molecular weight is 281 g/mol. The summed E-state index contributed by atoms with van der Waals surface area (Å²) in [4.78, 5) is 27.2. The number of amides is 1. The Morgan fingerprint density at radius 3 is 2.70 bits per heavy atom. The average Bonchev–Trinajstić information content (AvgIpc) is 2.93. The largest absolute Gasteiger partial charge is 0.481 e. The van der Waals surface area contributed by atoms with Crippen molar-refractivity contribution in [3.8, 4) is 0 Å². The van der Waals surface area contributed by atoms with Crippen LogP contribution >= 0.6 is 0 Å². The van der Waals surface area contributed by atoms with Crippen molar-refractivity contribution in [1.29, 1.82) is 0 Å². The van der Waals surface area contributed by atoms with E-state index < -0.39 is 11.4 Å². The van der Waals surface area contributed by atoms with E-state index in [4.69, 9.17) is 4.52 Å². The maximum absolute atomic E-state index is 11.9. The van der Waals surface area contributed by atoms with Crippen LogP contribution in [0.1, 0.15) is 44.4 Å². The maximum atomic E-state index is 11.9. The molecular weight excluding hydrogens is 262 g/mol. The van der Waals surface area contributed by atoms with E-state index in [1.165, 1.54) is 6.33 Å². The number of carboxylic acid groups (broad SMARTS) is 1. The Bertz CT molecular complexity index is 452. The molecule has 2 N–H and O–H groups in total. The molecule has 0 aromatic carbocycles. The summed E-state index contributed by atoms with van der Waals surface area (Å²) < 4.78 is 4.82. The van der Waals surface area contributed by atoms with Gasteiger partial charge in [-0.1, -0.05) is 24.4 Å². The SMILES string of the molecule is O=C(CC1(C(=O)O)CCCCC1)NCCc1ncno1. The predicted octanol–water partition coefficient (Wildman–Crippen LogP) is 1.15. The summed E-state index contributed by atoms with van der Waals surface area (Å²) in [7, 11) is 0. The first kappa shape index (κ1) is 14.5. The number of carbonyl (C=O) groups excluding carboxylic acids is 1. The third kappa shape index (κ3) is 3.55. The number of carboxylic acids is 1. The summed E-state index contributed by atoms with van der Waals surface area (Å²) >= 11 is 0. The van der Waals surface area contributed by atoms with Gasteiger partial charge in [0.25, 0.3) is 0 Å². The predicted molar refractivity (Wildman–Crippen MR) is 68.8 cm³/mol. The Balaban J connectivity index is 1.81. The van der Waals surface area contributed by atoms with E-state index in [1.54, 1.807) is 0 Å². The molecule has 1 aliphatic carbocycles. The van der Waals surface area contributed by atoms with Gasteiger partial charge in [0.05, 0.1) is 5.41 Å². The first-order chi connectivity index (χ1) is 9.62. The molecule has 1 heterocycles. The number of aromatic nitrogens is 2. The van der Waals surface area contributed by atoms with Crippen molar-refractivity contribution in [2.45, 2.75) is 44.9 Å². The molecule has 1 aromatic heterocycles. The van der Waals surface area contributed by atoms with Gasteiger partial charge in [0.1, 0.15) is 0 Å². The van der Waals surface area contributed by atoms with Gasteiger partial charge < -0.3 is 14.9 Å². The molecule has 1 fully saturated rings. The number of aliphatic carboxylic acids is 1. The zero-order chi connectivity index (χ0) is 14.4. The molecule has 0 unspecified atom stereocenters. The molecule has 1 amide bonds. The van der Waals surface area contributed by atoms with Crippen molar-refractivity contribution in [3.05, 3.63) is 12.2 Å². The van der Waals surface area contributed by atoms with Gasteiger partial charge in [-0.05, 0) is 12.8 Å². The lowest BCUT2D eigenvalue weighted by atomic mass is 9.71. The van der Waals surface area contributed by atoms with E-state index in [2.05, 4.69) is 15.5 Å². The van der Waals surface area contributed by atoms with Crippen molar-refractivity contribution in [1.82, 2.24) is 15.5 Å². The lowest BCUT2D eigenvalue weighted by molar-refractivity contribution is -0.154. The Hall–Kier alpha value is -1.92. The van der Waals surface area contributed by atoms with Crippen molar-refractivity contribution in [2.75, 3.05) is 6.54 Å². The highest BCUT2D eigenvalue weighted by Crippen LogP contribution is 2.39. The molecule has 0 aliphatic heterocycles. The molecule has 1 aliphatic rings.